The zero-order valence-electron chi connectivity index (χ0n) is 13.3. The summed E-state index contributed by atoms with van der Waals surface area (Å²) in [6, 6.07) is 3.27. The number of ether oxygens (including phenoxy) is 1. The fourth-order valence-corrected chi connectivity index (χ4v) is 2.48. The van der Waals surface area contributed by atoms with Crippen molar-refractivity contribution in [2.45, 2.75) is 32.4 Å². The number of hydrogen-bond acceptors (Lipinski definition) is 4. The van der Waals surface area contributed by atoms with Gasteiger partial charge < -0.3 is 15.0 Å². The molecule has 1 aliphatic rings. The predicted octanol–water partition coefficient (Wildman–Crippen LogP) is 3.20. The monoisotopic (exact) mass is 344 g/mol. The van der Waals surface area contributed by atoms with Gasteiger partial charge in [-0.1, -0.05) is 6.92 Å². The molecule has 1 aliphatic heterocycles. The SMILES string of the molecule is CCC(=O)OCC(=O)Nc1cc(C(F)(F)F)ccc1N1CCCC1. The van der Waals surface area contributed by atoms with Gasteiger partial charge in [-0.2, -0.15) is 13.2 Å². The Morgan fingerprint density at radius 3 is 2.50 bits per heavy atom. The van der Waals surface area contributed by atoms with E-state index in [-0.39, 0.29) is 12.1 Å². The van der Waals surface area contributed by atoms with E-state index in [4.69, 9.17) is 4.74 Å². The molecule has 1 aromatic carbocycles. The molecular weight excluding hydrogens is 325 g/mol. The molecule has 2 rings (SSSR count). The van der Waals surface area contributed by atoms with E-state index in [0.717, 1.165) is 38.1 Å². The lowest BCUT2D eigenvalue weighted by Crippen LogP contribution is -2.24. The van der Waals surface area contributed by atoms with Gasteiger partial charge in [0.2, 0.25) is 0 Å². The fourth-order valence-electron chi connectivity index (χ4n) is 2.48. The lowest BCUT2D eigenvalue weighted by atomic mass is 10.1. The average molecular weight is 344 g/mol. The summed E-state index contributed by atoms with van der Waals surface area (Å²) in [5, 5.41) is 2.42. The summed E-state index contributed by atoms with van der Waals surface area (Å²) in [6.07, 6.45) is -2.49. The number of rotatable bonds is 5. The minimum Gasteiger partial charge on any atom is -0.456 e. The highest BCUT2D eigenvalue weighted by Crippen LogP contribution is 2.36. The molecule has 1 fully saturated rings. The van der Waals surface area contributed by atoms with Gasteiger partial charge in [-0.15, -0.1) is 0 Å². The summed E-state index contributed by atoms with van der Waals surface area (Å²) in [6.45, 7) is 2.50. The number of benzene rings is 1. The minimum absolute atomic E-state index is 0.0734. The van der Waals surface area contributed by atoms with Gasteiger partial charge in [0.25, 0.3) is 5.91 Å². The maximum absolute atomic E-state index is 12.9. The molecule has 1 amide bonds. The second-order valence-electron chi connectivity index (χ2n) is 5.49. The van der Waals surface area contributed by atoms with E-state index in [1.807, 2.05) is 4.90 Å². The first-order valence-corrected chi connectivity index (χ1v) is 7.73. The van der Waals surface area contributed by atoms with E-state index in [2.05, 4.69) is 5.32 Å². The molecule has 8 heteroatoms. The smallest absolute Gasteiger partial charge is 0.416 e. The van der Waals surface area contributed by atoms with Crippen LogP contribution < -0.4 is 10.2 Å². The van der Waals surface area contributed by atoms with Crippen molar-refractivity contribution in [3.8, 4) is 0 Å². The first kappa shape index (κ1) is 18.1. The number of esters is 1. The normalized spacial score (nSPS) is 14.6. The van der Waals surface area contributed by atoms with Gasteiger partial charge in [0.15, 0.2) is 6.61 Å². The number of anilines is 2. The van der Waals surface area contributed by atoms with E-state index in [1.165, 1.54) is 6.07 Å². The minimum atomic E-state index is -4.50. The number of halogens is 3. The van der Waals surface area contributed by atoms with Crippen LogP contribution in [0.25, 0.3) is 0 Å². The fraction of sp³-hybridized carbons (Fsp3) is 0.500. The highest BCUT2D eigenvalue weighted by molar-refractivity contribution is 5.96. The summed E-state index contributed by atoms with van der Waals surface area (Å²) >= 11 is 0. The van der Waals surface area contributed by atoms with Crippen LogP contribution in [0.5, 0.6) is 0 Å². The van der Waals surface area contributed by atoms with Crippen molar-refractivity contribution in [3.63, 3.8) is 0 Å². The van der Waals surface area contributed by atoms with Crippen molar-refractivity contribution in [2.24, 2.45) is 0 Å². The number of carbonyl (C=O) groups is 2. The summed E-state index contributed by atoms with van der Waals surface area (Å²) in [5.41, 5.74) is -0.230. The van der Waals surface area contributed by atoms with E-state index >= 15 is 0 Å². The zero-order chi connectivity index (χ0) is 17.7. The Kier molecular flexibility index (Phi) is 5.69. The Balaban J connectivity index is 2.20. The second-order valence-corrected chi connectivity index (χ2v) is 5.49. The van der Waals surface area contributed by atoms with Crippen molar-refractivity contribution in [1.29, 1.82) is 0 Å². The maximum Gasteiger partial charge on any atom is 0.416 e. The number of nitrogens with one attached hydrogen (secondary N) is 1. The molecule has 0 atom stereocenters. The largest absolute Gasteiger partial charge is 0.456 e. The number of amides is 1. The van der Waals surface area contributed by atoms with Gasteiger partial charge in [-0.3, -0.25) is 9.59 Å². The van der Waals surface area contributed by atoms with Gasteiger partial charge in [0.05, 0.1) is 16.9 Å². The van der Waals surface area contributed by atoms with Crippen LogP contribution in [-0.4, -0.2) is 31.6 Å². The van der Waals surface area contributed by atoms with E-state index in [9.17, 15) is 22.8 Å². The lowest BCUT2D eigenvalue weighted by Gasteiger charge is -2.23. The van der Waals surface area contributed by atoms with Crippen LogP contribution in [0.4, 0.5) is 24.5 Å². The van der Waals surface area contributed by atoms with Crippen LogP contribution in [-0.2, 0) is 20.5 Å². The molecule has 1 heterocycles. The van der Waals surface area contributed by atoms with E-state index < -0.39 is 30.2 Å². The van der Waals surface area contributed by atoms with Crippen LogP contribution in [0.2, 0.25) is 0 Å². The van der Waals surface area contributed by atoms with Gasteiger partial charge >= 0.3 is 12.1 Å². The Hall–Kier alpha value is -2.25. The average Bonchev–Trinajstić information content (AvgIpc) is 3.05. The third kappa shape index (κ3) is 4.62. The van der Waals surface area contributed by atoms with E-state index in [0.29, 0.717) is 5.69 Å². The van der Waals surface area contributed by atoms with Gasteiger partial charge in [0.1, 0.15) is 0 Å². The van der Waals surface area contributed by atoms with Crippen LogP contribution >= 0.6 is 0 Å². The zero-order valence-corrected chi connectivity index (χ0v) is 13.3. The molecule has 0 spiro atoms. The molecule has 0 radical (unpaired) electrons. The van der Waals surface area contributed by atoms with Gasteiger partial charge in [-0.25, -0.2) is 0 Å². The molecule has 0 aliphatic carbocycles. The molecule has 5 nitrogen and oxygen atoms in total. The van der Waals surface area contributed by atoms with Crippen molar-refractivity contribution in [1.82, 2.24) is 0 Å². The second kappa shape index (κ2) is 7.55. The van der Waals surface area contributed by atoms with Gasteiger partial charge in [0, 0.05) is 19.5 Å². The molecule has 1 saturated heterocycles. The van der Waals surface area contributed by atoms with Crippen LogP contribution in [0.3, 0.4) is 0 Å². The molecule has 1 N–H and O–H groups in total. The topological polar surface area (TPSA) is 58.6 Å². The molecule has 24 heavy (non-hydrogen) atoms. The molecule has 0 bridgehead atoms. The van der Waals surface area contributed by atoms with Crippen molar-refractivity contribution >= 4 is 23.3 Å². The van der Waals surface area contributed by atoms with Gasteiger partial charge in [-0.05, 0) is 31.0 Å². The highest BCUT2D eigenvalue weighted by Gasteiger charge is 2.32. The highest BCUT2D eigenvalue weighted by atomic mass is 19.4. The Morgan fingerprint density at radius 2 is 1.92 bits per heavy atom. The van der Waals surface area contributed by atoms with Crippen LogP contribution in [0.1, 0.15) is 31.7 Å². The van der Waals surface area contributed by atoms with Crippen molar-refractivity contribution in [3.05, 3.63) is 23.8 Å². The molecule has 0 aromatic heterocycles. The maximum atomic E-state index is 12.9. The number of alkyl halides is 3. The Bertz CT molecular complexity index is 611. The summed E-state index contributed by atoms with van der Waals surface area (Å²) in [4.78, 5) is 24.9. The van der Waals surface area contributed by atoms with Crippen LogP contribution in [0, 0.1) is 0 Å². The molecule has 0 saturated carbocycles. The predicted molar refractivity (Wildman–Crippen MR) is 82.8 cm³/mol. The van der Waals surface area contributed by atoms with Crippen molar-refractivity contribution < 1.29 is 27.5 Å². The van der Waals surface area contributed by atoms with E-state index in [1.54, 1.807) is 6.92 Å². The number of nitrogens with zero attached hydrogens (tertiary/aromatic N) is 1. The van der Waals surface area contributed by atoms with Crippen LogP contribution in [0.15, 0.2) is 18.2 Å². The molecular formula is C16H19F3N2O3. The first-order valence-electron chi connectivity index (χ1n) is 7.73. The number of carbonyl (C=O) groups excluding carboxylic acids is 2. The number of hydrogen-bond donors (Lipinski definition) is 1. The standard InChI is InChI=1S/C16H19F3N2O3/c1-2-15(23)24-10-14(22)20-12-9-11(16(17,18)19)5-6-13(12)21-7-3-4-8-21/h5-6,9H,2-4,7-8,10H2,1H3,(H,20,22). The third-order valence-electron chi connectivity index (χ3n) is 3.70. The third-order valence-corrected chi connectivity index (χ3v) is 3.70. The molecule has 1 aromatic rings. The molecule has 0 unspecified atom stereocenters. The lowest BCUT2D eigenvalue weighted by molar-refractivity contribution is -0.146. The molecule has 132 valence electrons. The Morgan fingerprint density at radius 1 is 1.25 bits per heavy atom. The summed E-state index contributed by atoms with van der Waals surface area (Å²) in [7, 11) is 0. The first-order chi connectivity index (χ1) is 11.3. The summed E-state index contributed by atoms with van der Waals surface area (Å²) in [5.74, 6) is -1.22. The Labute approximate surface area is 137 Å². The quantitative estimate of drug-likeness (QED) is 0.834. The van der Waals surface area contributed by atoms with Crippen molar-refractivity contribution in [2.75, 3.05) is 29.9 Å². The summed E-state index contributed by atoms with van der Waals surface area (Å²) < 4.78 is 43.5.